The SMILES string of the molecule is CCCCCCCCCCCCC(CCCCCCCCCCC)(CCCCCCCCCCCC)P(=O)(O)O.CCCCCCCCCCCCO[PH](=O)OCCCCCCCCCCCC. The summed E-state index contributed by atoms with van der Waals surface area (Å²) in [5.74, 6) is 0. The Kier molecular flexibility index (Phi) is 60.2. The van der Waals surface area contributed by atoms with Gasteiger partial charge in [-0.25, -0.2) is 0 Å². The van der Waals surface area contributed by atoms with Crippen LogP contribution in [0.3, 0.4) is 0 Å². The highest BCUT2D eigenvalue weighted by Gasteiger charge is 2.44. The van der Waals surface area contributed by atoms with Gasteiger partial charge in [0.1, 0.15) is 0 Å². The summed E-state index contributed by atoms with van der Waals surface area (Å²) < 4.78 is 35.4. The summed E-state index contributed by atoms with van der Waals surface area (Å²) in [6.45, 7) is 12.5. The fourth-order valence-corrected chi connectivity index (χ4v) is 12.0. The summed E-state index contributed by atoms with van der Waals surface area (Å²) in [7, 11) is -6.39. The van der Waals surface area contributed by atoms with Crippen molar-refractivity contribution < 1.29 is 28.0 Å². The molecule has 0 aliphatic heterocycles. The van der Waals surface area contributed by atoms with Gasteiger partial charge in [0.25, 0.3) is 0 Å². The standard InChI is InChI=1S/C36H75O3P.C24H51O3P/c1-4-7-10-13-16-19-22-25-28-31-34-36(40(37,38)39,33-30-27-24-21-18-15-12-9-6-3)35-32-29-26-23-20-17-14-11-8-5-2;1-3-5-7-9-11-13-15-17-19-21-23-26-28(25)27-24-22-20-18-16-14-12-10-8-6-4-2/h4-35H2,1-3H3,(H2,37,38,39);28H,3-24H2,1-2H3. The molecule has 8 heteroatoms. The van der Waals surface area contributed by atoms with Crippen LogP contribution in [-0.4, -0.2) is 28.2 Å². The Morgan fingerprint density at radius 3 is 0.632 bits per heavy atom. The summed E-state index contributed by atoms with van der Waals surface area (Å²) in [5, 5.41) is -0.769. The number of rotatable bonds is 57. The zero-order valence-corrected chi connectivity index (χ0v) is 49.1. The Labute approximate surface area is 428 Å². The molecule has 2 N–H and O–H groups in total. The first-order chi connectivity index (χ1) is 33.2. The molecule has 0 rings (SSSR count). The molecule has 0 aliphatic rings. The van der Waals surface area contributed by atoms with E-state index < -0.39 is 21.0 Å². The highest BCUT2D eigenvalue weighted by molar-refractivity contribution is 7.53. The van der Waals surface area contributed by atoms with Gasteiger partial charge >= 0.3 is 15.9 Å². The zero-order valence-electron chi connectivity index (χ0n) is 47.2. The highest BCUT2D eigenvalue weighted by Crippen LogP contribution is 2.58. The average Bonchev–Trinajstić information content (AvgIpc) is 3.32. The first-order valence-electron chi connectivity index (χ1n) is 31.1. The third kappa shape index (κ3) is 52.6. The van der Waals surface area contributed by atoms with E-state index in [1.807, 2.05) is 0 Å². The van der Waals surface area contributed by atoms with Crippen molar-refractivity contribution in [2.75, 3.05) is 13.2 Å². The van der Waals surface area contributed by atoms with Gasteiger partial charge in [0.2, 0.25) is 0 Å². The van der Waals surface area contributed by atoms with Crippen LogP contribution in [0.1, 0.15) is 369 Å². The maximum absolute atomic E-state index is 13.0. The lowest BCUT2D eigenvalue weighted by atomic mass is 9.88. The van der Waals surface area contributed by atoms with Crippen LogP contribution in [0.4, 0.5) is 0 Å². The highest BCUT2D eigenvalue weighted by atomic mass is 31.2. The fourth-order valence-electron chi connectivity index (χ4n) is 9.99. The van der Waals surface area contributed by atoms with E-state index in [1.165, 1.54) is 263 Å². The Morgan fingerprint density at radius 2 is 0.456 bits per heavy atom. The predicted octanol–water partition coefficient (Wildman–Crippen LogP) is 22.7. The number of hydrogen-bond acceptors (Lipinski definition) is 4. The quantitative estimate of drug-likeness (QED) is 0.0466. The van der Waals surface area contributed by atoms with Gasteiger partial charge in [-0.3, -0.25) is 9.13 Å². The molecule has 0 spiro atoms. The topological polar surface area (TPSA) is 93.1 Å². The van der Waals surface area contributed by atoms with E-state index >= 15 is 0 Å². The molecular weight excluding hydrogens is 879 g/mol. The van der Waals surface area contributed by atoms with Crippen LogP contribution in [0.5, 0.6) is 0 Å². The summed E-state index contributed by atoms with van der Waals surface area (Å²) in [6, 6.07) is 0. The maximum atomic E-state index is 13.0. The molecule has 68 heavy (non-hydrogen) atoms. The minimum atomic E-state index is -4.14. The van der Waals surface area contributed by atoms with Crippen molar-refractivity contribution in [3.63, 3.8) is 0 Å². The largest absolute Gasteiger partial charge is 0.331 e. The predicted molar refractivity (Wildman–Crippen MR) is 304 cm³/mol. The van der Waals surface area contributed by atoms with E-state index in [-0.39, 0.29) is 0 Å². The molecule has 0 radical (unpaired) electrons. The van der Waals surface area contributed by atoms with Crippen LogP contribution >= 0.6 is 15.9 Å². The minimum Gasteiger partial charge on any atom is -0.324 e. The van der Waals surface area contributed by atoms with Crippen molar-refractivity contribution in [3.05, 3.63) is 0 Å². The lowest BCUT2D eigenvalue weighted by Crippen LogP contribution is -2.29. The van der Waals surface area contributed by atoms with Gasteiger partial charge in [0, 0.05) is 0 Å². The monoisotopic (exact) mass is 1000 g/mol. The van der Waals surface area contributed by atoms with E-state index in [9.17, 15) is 18.9 Å². The molecule has 0 fully saturated rings. The molecular formula is C60H126O6P2. The van der Waals surface area contributed by atoms with Crippen molar-refractivity contribution in [1.82, 2.24) is 0 Å². The van der Waals surface area contributed by atoms with E-state index in [0.29, 0.717) is 13.2 Å². The molecule has 0 aromatic rings. The summed E-state index contributed by atoms with van der Waals surface area (Å²) >= 11 is 0. The lowest BCUT2D eigenvalue weighted by molar-refractivity contribution is 0.218. The first-order valence-corrected chi connectivity index (χ1v) is 33.9. The second-order valence-electron chi connectivity index (χ2n) is 21.5. The molecule has 0 saturated heterocycles. The summed E-state index contributed by atoms with van der Waals surface area (Å²) in [5.41, 5.74) is 0. The fraction of sp³-hybridized carbons (Fsp3) is 1.00. The van der Waals surface area contributed by atoms with Crippen molar-refractivity contribution in [2.24, 2.45) is 0 Å². The molecule has 0 heterocycles. The van der Waals surface area contributed by atoms with Crippen LogP contribution < -0.4 is 0 Å². The Morgan fingerprint density at radius 1 is 0.294 bits per heavy atom. The van der Waals surface area contributed by atoms with Gasteiger partial charge < -0.3 is 18.8 Å². The van der Waals surface area contributed by atoms with E-state index in [4.69, 9.17) is 9.05 Å². The van der Waals surface area contributed by atoms with Crippen molar-refractivity contribution >= 4 is 15.9 Å². The third-order valence-corrected chi connectivity index (χ3v) is 17.6. The second kappa shape index (κ2) is 58.2. The maximum Gasteiger partial charge on any atom is 0.331 e. The third-order valence-electron chi connectivity index (χ3n) is 14.8. The van der Waals surface area contributed by atoms with Crippen molar-refractivity contribution in [1.29, 1.82) is 0 Å². The minimum absolute atomic E-state index is 0.590. The van der Waals surface area contributed by atoms with Crippen LogP contribution in [-0.2, 0) is 18.2 Å². The first kappa shape index (κ1) is 70.4. The summed E-state index contributed by atoms with van der Waals surface area (Å²) in [6.07, 6.45) is 65.0. The molecule has 6 nitrogen and oxygen atoms in total. The Balaban J connectivity index is 0. The van der Waals surface area contributed by atoms with Gasteiger partial charge in [-0.2, -0.15) is 0 Å². The molecule has 0 bridgehead atoms. The van der Waals surface area contributed by atoms with E-state index in [0.717, 1.165) is 70.6 Å². The summed E-state index contributed by atoms with van der Waals surface area (Å²) in [4.78, 5) is 21.3. The van der Waals surface area contributed by atoms with E-state index in [1.54, 1.807) is 0 Å². The number of hydrogen-bond donors (Lipinski definition) is 2. The Hall–Kier alpha value is 0.300. The average molecular weight is 1010 g/mol. The van der Waals surface area contributed by atoms with Gasteiger partial charge in [-0.15, -0.1) is 0 Å². The smallest absolute Gasteiger partial charge is 0.324 e. The lowest BCUT2D eigenvalue weighted by Gasteiger charge is -2.35. The molecule has 0 unspecified atom stereocenters. The molecule has 0 amide bonds. The van der Waals surface area contributed by atoms with Crippen LogP contribution in [0, 0.1) is 0 Å². The van der Waals surface area contributed by atoms with Gasteiger partial charge in [-0.05, 0) is 32.1 Å². The molecule has 0 saturated carbocycles. The second-order valence-corrected chi connectivity index (χ2v) is 24.6. The van der Waals surface area contributed by atoms with Gasteiger partial charge in [0.15, 0.2) is 0 Å². The van der Waals surface area contributed by atoms with Gasteiger partial charge in [-0.1, -0.05) is 336 Å². The number of unbranched alkanes of at least 4 members (excludes halogenated alkanes) is 44. The van der Waals surface area contributed by atoms with E-state index in [2.05, 4.69) is 34.6 Å². The van der Waals surface area contributed by atoms with Crippen LogP contribution in [0.25, 0.3) is 0 Å². The zero-order chi connectivity index (χ0) is 50.2. The Bertz CT molecular complexity index is 953. The molecule has 412 valence electrons. The van der Waals surface area contributed by atoms with Gasteiger partial charge in [0.05, 0.1) is 18.4 Å². The molecule has 0 aliphatic carbocycles. The van der Waals surface area contributed by atoms with Crippen LogP contribution in [0.15, 0.2) is 0 Å². The molecule has 0 aromatic carbocycles. The molecule has 0 atom stereocenters. The normalized spacial score (nSPS) is 12.1. The van der Waals surface area contributed by atoms with Crippen molar-refractivity contribution in [2.45, 2.75) is 374 Å². The van der Waals surface area contributed by atoms with Crippen LogP contribution in [0.2, 0.25) is 0 Å². The van der Waals surface area contributed by atoms with Crippen molar-refractivity contribution in [3.8, 4) is 0 Å². The molecule has 0 aromatic heterocycles.